The third kappa shape index (κ3) is 4.05. The molecule has 0 saturated carbocycles. The van der Waals surface area contributed by atoms with Gasteiger partial charge in [-0.3, -0.25) is 0 Å². The van der Waals surface area contributed by atoms with Crippen LogP contribution in [-0.2, 0) is 17.3 Å². The van der Waals surface area contributed by atoms with E-state index in [9.17, 15) is 0 Å². The van der Waals surface area contributed by atoms with E-state index in [1.165, 1.54) is 0 Å². The molecule has 0 radical (unpaired) electrons. The molecule has 0 aromatic carbocycles. The minimum atomic E-state index is 0.0372. The molecule has 1 aromatic heterocycles. The molecule has 1 unspecified atom stereocenters. The van der Waals surface area contributed by atoms with E-state index in [1.54, 1.807) is 0 Å². The van der Waals surface area contributed by atoms with Crippen LogP contribution in [0.3, 0.4) is 0 Å². The summed E-state index contributed by atoms with van der Waals surface area (Å²) in [6, 6.07) is 2.22. The fourth-order valence-electron chi connectivity index (χ4n) is 1.64. The molecule has 1 rings (SSSR count). The molecule has 1 aromatic rings. The van der Waals surface area contributed by atoms with Crippen molar-refractivity contribution in [2.24, 2.45) is 5.73 Å². The first-order chi connectivity index (χ1) is 8.00. The summed E-state index contributed by atoms with van der Waals surface area (Å²) in [6.45, 7) is 15.1. The van der Waals surface area contributed by atoms with Crippen LogP contribution in [0.5, 0.6) is 0 Å². The van der Waals surface area contributed by atoms with E-state index < -0.39 is 0 Å². The standard InChI is InChI=1S/C15H27N3/c1-10(16)8-13-17-11(14(2,3)4)9-12(18-13)15(5,6)7/h9-10H,8,16H2,1-7H3. The van der Waals surface area contributed by atoms with Crippen LogP contribution in [0.15, 0.2) is 6.07 Å². The van der Waals surface area contributed by atoms with Crippen LogP contribution >= 0.6 is 0 Å². The zero-order valence-corrected chi connectivity index (χ0v) is 12.8. The molecule has 0 spiro atoms. The number of aromatic nitrogens is 2. The predicted octanol–water partition coefficient (Wildman–Crippen LogP) is 2.96. The van der Waals surface area contributed by atoms with Crippen LogP contribution in [0.25, 0.3) is 0 Å². The van der Waals surface area contributed by atoms with Gasteiger partial charge in [0.25, 0.3) is 0 Å². The van der Waals surface area contributed by atoms with Crippen molar-refractivity contribution in [2.75, 3.05) is 0 Å². The highest BCUT2D eigenvalue weighted by Crippen LogP contribution is 2.26. The molecule has 18 heavy (non-hydrogen) atoms. The molecular weight excluding hydrogens is 222 g/mol. The number of nitrogens with two attached hydrogens (primary N) is 1. The largest absolute Gasteiger partial charge is 0.328 e. The van der Waals surface area contributed by atoms with E-state index in [0.717, 1.165) is 23.6 Å². The minimum Gasteiger partial charge on any atom is -0.328 e. The number of hydrogen-bond donors (Lipinski definition) is 1. The quantitative estimate of drug-likeness (QED) is 0.876. The molecular formula is C15H27N3. The molecule has 0 fully saturated rings. The molecule has 0 aliphatic rings. The van der Waals surface area contributed by atoms with Gasteiger partial charge in [-0.15, -0.1) is 0 Å². The van der Waals surface area contributed by atoms with Crippen LogP contribution in [0.4, 0.5) is 0 Å². The number of hydrogen-bond acceptors (Lipinski definition) is 3. The summed E-state index contributed by atoms with van der Waals surface area (Å²) < 4.78 is 0. The first kappa shape index (κ1) is 15.1. The molecule has 2 N–H and O–H groups in total. The van der Waals surface area contributed by atoms with Crippen LogP contribution in [0.1, 0.15) is 65.7 Å². The van der Waals surface area contributed by atoms with Gasteiger partial charge < -0.3 is 5.73 Å². The van der Waals surface area contributed by atoms with E-state index in [1.807, 2.05) is 6.92 Å². The van der Waals surface area contributed by atoms with E-state index in [4.69, 9.17) is 5.73 Å². The molecule has 0 saturated heterocycles. The maximum Gasteiger partial charge on any atom is 0.130 e. The Bertz CT molecular complexity index is 376. The SMILES string of the molecule is CC(N)Cc1nc(C(C)(C)C)cc(C(C)(C)C)n1. The predicted molar refractivity (Wildman–Crippen MR) is 76.8 cm³/mol. The lowest BCUT2D eigenvalue weighted by Gasteiger charge is -2.24. The van der Waals surface area contributed by atoms with Crippen molar-refractivity contribution in [1.82, 2.24) is 9.97 Å². The van der Waals surface area contributed by atoms with Gasteiger partial charge in [-0.05, 0) is 13.0 Å². The lowest BCUT2D eigenvalue weighted by atomic mass is 9.86. The monoisotopic (exact) mass is 249 g/mol. The molecule has 3 nitrogen and oxygen atoms in total. The van der Waals surface area contributed by atoms with E-state index in [-0.39, 0.29) is 16.9 Å². The average molecular weight is 249 g/mol. The Labute approximate surface area is 111 Å². The van der Waals surface area contributed by atoms with Crippen LogP contribution in [0.2, 0.25) is 0 Å². The van der Waals surface area contributed by atoms with Crippen LogP contribution in [-0.4, -0.2) is 16.0 Å². The van der Waals surface area contributed by atoms with E-state index in [2.05, 4.69) is 57.6 Å². The van der Waals surface area contributed by atoms with Gasteiger partial charge in [0.05, 0.1) is 0 Å². The summed E-state index contributed by atoms with van der Waals surface area (Å²) in [6.07, 6.45) is 0.729. The summed E-state index contributed by atoms with van der Waals surface area (Å²) in [7, 11) is 0. The Kier molecular flexibility index (Phi) is 4.16. The van der Waals surface area contributed by atoms with Gasteiger partial charge in [-0.1, -0.05) is 41.5 Å². The summed E-state index contributed by atoms with van der Waals surface area (Å²) in [5.74, 6) is 0.863. The lowest BCUT2D eigenvalue weighted by molar-refractivity contribution is 0.525. The Morgan fingerprint density at radius 1 is 1.00 bits per heavy atom. The summed E-state index contributed by atoms with van der Waals surface area (Å²) >= 11 is 0. The highest BCUT2D eigenvalue weighted by molar-refractivity contribution is 5.23. The zero-order chi connectivity index (χ0) is 14.1. The van der Waals surface area contributed by atoms with Crippen molar-refractivity contribution in [3.05, 3.63) is 23.3 Å². The molecule has 1 heterocycles. The second kappa shape index (κ2) is 4.96. The highest BCUT2D eigenvalue weighted by Gasteiger charge is 2.23. The zero-order valence-electron chi connectivity index (χ0n) is 12.8. The lowest BCUT2D eigenvalue weighted by Crippen LogP contribution is -2.25. The van der Waals surface area contributed by atoms with Gasteiger partial charge in [0.15, 0.2) is 0 Å². The summed E-state index contributed by atoms with van der Waals surface area (Å²) in [5, 5.41) is 0. The van der Waals surface area contributed by atoms with Gasteiger partial charge in [-0.25, -0.2) is 9.97 Å². The number of nitrogens with zero attached hydrogens (tertiary/aromatic N) is 2. The van der Waals surface area contributed by atoms with Crippen molar-refractivity contribution < 1.29 is 0 Å². The van der Waals surface area contributed by atoms with E-state index >= 15 is 0 Å². The minimum absolute atomic E-state index is 0.0372. The molecule has 0 bridgehead atoms. The first-order valence-corrected chi connectivity index (χ1v) is 6.64. The summed E-state index contributed by atoms with van der Waals surface area (Å²) in [5.41, 5.74) is 8.13. The van der Waals surface area contributed by atoms with Crippen LogP contribution < -0.4 is 5.73 Å². The molecule has 0 aliphatic heterocycles. The fourth-order valence-corrected chi connectivity index (χ4v) is 1.64. The maximum absolute atomic E-state index is 5.86. The summed E-state index contributed by atoms with van der Waals surface area (Å²) in [4.78, 5) is 9.33. The second-order valence-corrected chi connectivity index (χ2v) is 7.24. The van der Waals surface area contributed by atoms with Crippen molar-refractivity contribution in [3.63, 3.8) is 0 Å². The Morgan fingerprint density at radius 3 is 1.67 bits per heavy atom. The van der Waals surface area contributed by atoms with Gasteiger partial charge in [0.2, 0.25) is 0 Å². The van der Waals surface area contributed by atoms with Crippen molar-refractivity contribution in [2.45, 2.75) is 71.8 Å². The van der Waals surface area contributed by atoms with Gasteiger partial charge in [0, 0.05) is 34.7 Å². The van der Waals surface area contributed by atoms with Gasteiger partial charge in [0.1, 0.15) is 5.82 Å². The highest BCUT2D eigenvalue weighted by atomic mass is 14.9. The Morgan fingerprint density at radius 2 is 1.39 bits per heavy atom. The normalized spacial score (nSPS) is 14.7. The fraction of sp³-hybridized carbons (Fsp3) is 0.733. The van der Waals surface area contributed by atoms with Crippen molar-refractivity contribution in [3.8, 4) is 0 Å². The molecule has 3 heteroatoms. The molecule has 1 atom stereocenters. The Balaban J connectivity index is 3.29. The average Bonchev–Trinajstić information content (AvgIpc) is 2.13. The maximum atomic E-state index is 5.86. The van der Waals surface area contributed by atoms with Crippen molar-refractivity contribution >= 4 is 0 Å². The Hall–Kier alpha value is -0.960. The third-order valence-corrected chi connectivity index (χ3v) is 2.81. The molecule has 0 amide bonds. The second-order valence-electron chi connectivity index (χ2n) is 7.24. The molecule has 0 aliphatic carbocycles. The number of rotatable bonds is 2. The topological polar surface area (TPSA) is 51.8 Å². The third-order valence-electron chi connectivity index (χ3n) is 2.81. The van der Waals surface area contributed by atoms with E-state index in [0.29, 0.717) is 0 Å². The van der Waals surface area contributed by atoms with Crippen LogP contribution in [0, 0.1) is 0 Å². The van der Waals surface area contributed by atoms with Gasteiger partial charge >= 0.3 is 0 Å². The van der Waals surface area contributed by atoms with Gasteiger partial charge in [-0.2, -0.15) is 0 Å². The first-order valence-electron chi connectivity index (χ1n) is 6.64. The smallest absolute Gasteiger partial charge is 0.130 e. The molecule has 102 valence electrons. The van der Waals surface area contributed by atoms with Crippen molar-refractivity contribution in [1.29, 1.82) is 0 Å².